The average Bonchev–Trinajstić information content (AvgIpc) is 2.82. The zero-order valence-electron chi connectivity index (χ0n) is 7.14. The smallest absolute Gasteiger partial charge is 0.165 e. The van der Waals surface area contributed by atoms with Crippen LogP contribution >= 0.6 is 0 Å². The van der Waals surface area contributed by atoms with Gasteiger partial charge in [0, 0.05) is 0 Å². The highest BCUT2D eigenvalue weighted by Gasteiger charge is 2.30. The molecule has 1 aliphatic carbocycles. The molecule has 2 N–H and O–H groups in total. The Kier molecular flexibility index (Phi) is 1.80. The standard InChI is InChI=1S/C7H13N5/c1-5(6-2-3-6)12-7(4-8)9-10-11-12/h5-6H,2-4,8H2,1H3. The van der Waals surface area contributed by atoms with Crippen LogP contribution in [0.5, 0.6) is 0 Å². The summed E-state index contributed by atoms with van der Waals surface area (Å²) in [6.45, 7) is 2.57. The van der Waals surface area contributed by atoms with Gasteiger partial charge < -0.3 is 5.73 Å². The Labute approximate surface area is 70.9 Å². The van der Waals surface area contributed by atoms with E-state index in [-0.39, 0.29) is 0 Å². The highest BCUT2D eigenvalue weighted by Crippen LogP contribution is 2.39. The quantitative estimate of drug-likeness (QED) is 0.693. The van der Waals surface area contributed by atoms with Gasteiger partial charge in [-0.05, 0) is 36.1 Å². The topological polar surface area (TPSA) is 69.6 Å². The Morgan fingerprint density at radius 3 is 3.00 bits per heavy atom. The van der Waals surface area contributed by atoms with E-state index >= 15 is 0 Å². The molecule has 0 saturated heterocycles. The van der Waals surface area contributed by atoms with Crippen molar-refractivity contribution in [3.05, 3.63) is 5.82 Å². The van der Waals surface area contributed by atoms with Crippen molar-refractivity contribution < 1.29 is 0 Å². The summed E-state index contributed by atoms with van der Waals surface area (Å²) in [4.78, 5) is 0. The zero-order valence-corrected chi connectivity index (χ0v) is 7.14. The van der Waals surface area contributed by atoms with Crippen LogP contribution in [-0.2, 0) is 6.54 Å². The molecule has 5 heteroatoms. The van der Waals surface area contributed by atoms with Crippen LogP contribution in [0.1, 0.15) is 31.6 Å². The summed E-state index contributed by atoms with van der Waals surface area (Å²) in [7, 11) is 0. The fourth-order valence-corrected chi connectivity index (χ4v) is 1.44. The first-order valence-electron chi connectivity index (χ1n) is 4.29. The van der Waals surface area contributed by atoms with Gasteiger partial charge >= 0.3 is 0 Å². The SMILES string of the molecule is CC(C1CC1)n1nnnc1CN. The summed E-state index contributed by atoms with van der Waals surface area (Å²) in [5.74, 6) is 1.55. The summed E-state index contributed by atoms with van der Waals surface area (Å²) in [6, 6.07) is 0.415. The first-order valence-corrected chi connectivity index (χ1v) is 4.29. The zero-order chi connectivity index (χ0) is 8.55. The van der Waals surface area contributed by atoms with Crippen molar-refractivity contribution in [3.8, 4) is 0 Å². The van der Waals surface area contributed by atoms with Crippen LogP contribution in [0.15, 0.2) is 0 Å². The van der Waals surface area contributed by atoms with Crippen molar-refractivity contribution in [2.75, 3.05) is 0 Å². The highest BCUT2D eigenvalue weighted by atomic mass is 15.6. The molecule has 1 aliphatic rings. The van der Waals surface area contributed by atoms with E-state index in [9.17, 15) is 0 Å². The molecule has 5 nitrogen and oxygen atoms in total. The summed E-state index contributed by atoms with van der Waals surface area (Å²) in [5.41, 5.74) is 5.49. The minimum atomic E-state index is 0.415. The molecule has 0 amide bonds. The predicted octanol–water partition coefficient (Wildman–Crippen LogP) is 0.103. The van der Waals surface area contributed by atoms with Crippen molar-refractivity contribution in [2.45, 2.75) is 32.4 Å². The molecule has 0 spiro atoms. The van der Waals surface area contributed by atoms with Crippen molar-refractivity contribution in [2.24, 2.45) is 11.7 Å². The Morgan fingerprint density at radius 2 is 2.42 bits per heavy atom. The van der Waals surface area contributed by atoms with Gasteiger partial charge in [-0.1, -0.05) is 0 Å². The molecule has 1 aromatic heterocycles. The average molecular weight is 167 g/mol. The lowest BCUT2D eigenvalue weighted by Gasteiger charge is -2.10. The maximum absolute atomic E-state index is 5.49. The molecule has 0 aromatic carbocycles. The van der Waals surface area contributed by atoms with Crippen molar-refractivity contribution >= 4 is 0 Å². The molecule has 1 atom stereocenters. The molecule has 12 heavy (non-hydrogen) atoms. The van der Waals surface area contributed by atoms with Crippen molar-refractivity contribution in [1.29, 1.82) is 0 Å². The third-order valence-electron chi connectivity index (χ3n) is 2.43. The van der Waals surface area contributed by atoms with E-state index in [1.54, 1.807) is 0 Å². The van der Waals surface area contributed by atoms with Crippen molar-refractivity contribution in [1.82, 2.24) is 20.2 Å². The Balaban J connectivity index is 2.19. The Bertz CT molecular complexity index is 265. The van der Waals surface area contributed by atoms with Crippen LogP contribution in [0.3, 0.4) is 0 Å². The molecule has 0 aliphatic heterocycles. The van der Waals surface area contributed by atoms with E-state index < -0.39 is 0 Å². The lowest BCUT2D eigenvalue weighted by molar-refractivity contribution is 0.415. The molecule has 1 heterocycles. The molecular weight excluding hydrogens is 154 g/mol. The molecule has 2 rings (SSSR count). The number of hydrogen-bond donors (Lipinski definition) is 1. The van der Waals surface area contributed by atoms with Gasteiger partial charge in [0.1, 0.15) is 0 Å². The van der Waals surface area contributed by atoms with E-state index in [1.807, 2.05) is 4.68 Å². The minimum absolute atomic E-state index is 0.415. The molecule has 1 unspecified atom stereocenters. The van der Waals surface area contributed by atoms with Gasteiger partial charge in [0.05, 0.1) is 12.6 Å². The van der Waals surface area contributed by atoms with E-state index in [1.165, 1.54) is 12.8 Å². The maximum atomic E-state index is 5.49. The van der Waals surface area contributed by atoms with Gasteiger partial charge in [-0.2, -0.15) is 0 Å². The van der Waals surface area contributed by atoms with Crippen LogP contribution in [0.25, 0.3) is 0 Å². The number of aromatic nitrogens is 4. The fraction of sp³-hybridized carbons (Fsp3) is 0.857. The molecule has 1 saturated carbocycles. The van der Waals surface area contributed by atoms with Crippen LogP contribution < -0.4 is 5.73 Å². The van der Waals surface area contributed by atoms with Crippen LogP contribution in [-0.4, -0.2) is 20.2 Å². The van der Waals surface area contributed by atoms with Crippen molar-refractivity contribution in [3.63, 3.8) is 0 Å². The molecule has 66 valence electrons. The first kappa shape index (κ1) is 7.67. The first-order chi connectivity index (χ1) is 5.83. The van der Waals surface area contributed by atoms with Crippen LogP contribution in [0.2, 0.25) is 0 Å². The number of tetrazole rings is 1. The van der Waals surface area contributed by atoms with Gasteiger partial charge in [-0.15, -0.1) is 5.10 Å². The van der Waals surface area contributed by atoms with Gasteiger partial charge in [0.15, 0.2) is 5.82 Å². The maximum Gasteiger partial charge on any atom is 0.165 e. The van der Waals surface area contributed by atoms with E-state index in [0.29, 0.717) is 12.6 Å². The summed E-state index contributed by atoms with van der Waals surface area (Å²) >= 11 is 0. The molecule has 0 bridgehead atoms. The second-order valence-corrected chi connectivity index (χ2v) is 3.32. The van der Waals surface area contributed by atoms with E-state index in [2.05, 4.69) is 22.4 Å². The Morgan fingerprint density at radius 1 is 1.67 bits per heavy atom. The Hall–Kier alpha value is -0.970. The summed E-state index contributed by atoms with van der Waals surface area (Å²) in [5, 5.41) is 11.4. The largest absolute Gasteiger partial charge is 0.324 e. The third kappa shape index (κ3) is 1.20. The van der Waals surface area contributed by atoms with Gasteiger partial charge in [-0.25, -0.2) is 4.68 Å². The monoisotopic (exact) mass is 167 g/mol. The fourth-order valence-electron chi connectivity index (χ4n) is 1.44. The van der Waals surface area contributed by atoms with Gasteiger partial charge in [-0.3, -0.25) is 0 Å². The van der Waals surface area contributed by atoms with Crippen LogP contribution in [0, 0.1) is 5.92 Å². The van der Waals surface area contributed by atoms with Gasteiger partial charge in [0.25, 0.3) is 0 Å². The predicted molar refractivity (Wildman–Crippen MR) is 43.1 cm³/mol. The minimum Gasteiger partial charge on any atom is -0.324 e. The lowest BCUT2D eigenvalue weighted by Crippen LogP contribution is -2.15. The number of rotatable bonds is 3. The summed E-state index contributed by atoms with van der Waals surface area (Å²) < 4.78 is 1.84. The molecule has 0 radical (unpaired) electrons. The second-order valence-electron chi connectivity index (χ2n) is 3.32. The third-order valence-corrected chi connectivity index (χ3v) is 2.43. The normalized spacial score (nSPS) is 19.5. The lowest BCUT2D eigenvalue weighted by atomic mass is 10.2. The van der Waals surface area contributed by atoms with E-state index in [4.69, 9.17) is 5.73 Å². The van der Waals surface area contributed by atoms with E-state index in [0.717, 1.165) is 11.7 Å². The number of nitrogens with zero attached hydrogens (tertiary/aromatic N) is 4. The highest BCUT2D eigenvalue weighted by molar-refractivity contribution is 4.88. The number of hydrogen-bond acceptors (Lipinski definition) is 4. The molecule has 1 aromatic rings. The van der Waals surface area contributed by atoms with Crippen LogP contribution in [0.4, 0.5) is 0 Å². The van der Waals surface area contributed by atoms with Gasteiger partial charge in [0.2, 0.25) is 0 Å². The summed E-state index contributed by atoms with van der Waals surface area (Å²) in [6.07, 6.45) is 2.59. The molecule has 1 fully saturated rings. The number of nitrogens with two attached hydrogens (primary N) is 1. The second kappa shape index (κ2) is 2.82. The molecular formula is C7H13N5.